The van der Waals surface area contributed by atoms with Crippen LogP contribution in [-0.4, -0.2) is 0 Å². The molecular weight excluding hydrogens is 515 g/mol. The molecule has 6 rings (SSSR count). The molecule has 0 N–H and O–H groups in total. The molecule has 6 aromatic carbocycles. The van der Waals surface area contributed by atoms with Gasteiger partial charge in [0.15, 0.2) is 7.14 Å². The number of aryl methyl sites for hydroxylation is 3. The van der Waals surface area contributed by atoms with Crippen LogP contribution in [0.15, 0.2) is 146 Å². The summed E-state index contributed by atoms with van der Waals surface area (Å²) in [5, 5.41) is 2.55. The Hall–Kier alpha value is -4.45. The van der Waals surface area contributed by atoms with Crippen LogP contribution in [0.4, 0.5) is 0 Å². The van der Waals surface area contributed by atoms with Crippen molar-refractivity contribution in [3.05, 3.63) is 162 Å². The highest BCUT2D eigenvalue weighted by Crippen LogP contribution is 2.49. The summed E-state index contributed by atoms with van der Waals surface area (Å²) in [6.45, 7) is 6.28. The molecule has 0 unspecified atom stereocenters. The molecule has 1 nitrogen and oxygen atoms in total. The van der Waals surface area contributed by atoms with Gasteiger partial charge in [0.1, 0.15) is 0 Å². The van der Waals surface area contributed by atoms with Gasteiger partial charge in [0.05, 0.1) is 0 Å². The third kappa shape index (κ3) is 5.10. The summed E-state index contributed by atoms with van der Waals surface area (Å²) in [7, 11) is -3.42. The minimum atomic E-state index is -3.42. The number of rotatable bonds is 6. The molecule has 0 aromatic heterocycles. The van der Waals surface area contributed by atoms with E-state index in [1.165, 1.54) is 16.7 Å². The van der Waals surface area contributed by atoms with Crippen molar-refractivity contribution < 1.29 is 4.57 Å². The molecule has 0 atom stereocenters. The van der Waals surface area contributed by atoms with Gasteiger partial charge in [-0.15, -0.1) is 0 Å². The van der Waals surface area contributed by atoms with Crippen molar-refractivity contribution in [3.63, 3.8) is 0 Å². The van der Waals surface area contributed by atoms with E-state index in [0.717, 1.165) is 49.3 Å². The van der Waals surface area contributed by atoms with Crippen LogP contribution < -0.4 is 15.9 Å². The molecule has 0 saturated carbocycles. The second kappa shape index (κ2) is 11.2. The van der Waals surface area contributed by atoms with Crippen molar-refractivity contribution in [3.8, 4) is 33.4 Å². The van der Waals surface area contributed by atoms with Gasteiger partial charge in [-0.2, -0.15) is 0 Å². The van der Waals surface area contributed by atoms with E-state index in [9.17, 15) is 0 Å². The van der Waals surface area contributed by atoms with Gasteiger partial charge in [-0.1, -0.05) is 162 Å². The SMILES string of the molecule is Cc1ccc(-c2ccccc2P(=O)(c2ccccc2-c2ccc(C)cc2)c2ccccc2-c2ccc(C)cc2)cc1. The molecule has 0 aliphatic carbocycles. The van der Waals surface area contributed by atoms with Gasteiger partial charge in [-0.3, -0.25) is 0 Å². The predicted octanol–water partition coefficient (Wildman–Crippen LogP) is 9.25. The van der Waals surface area contributed by atoms with E-state index in [1.54, 1.807) is 0 Å². The highest BCUT2D eigenvalue weighted by molar-refractivity contribution is 7.86. The Bertz CT molecular complexity index is 1640. The predicted molar refractivity (Wildman–Crippen MR) is 176 cm³/mol. The fourth-order valence-electron chi connectivity index (χ4n) is 5.57. The third-order valence-corrected chi connectivity index (χ3v) is 11.0. The van der Waals surface area contributed by atoms with E-state index < -0.39 is 7.14 Å². The van der Waals surface area contributed by atoms with E-state index in [1.807, 2.05) is 36.4 Å². The van der Waals surface area contributed by atoms with Gasteiger partial charge in [-0.25, -0.2) is 0 Å². The van der Waals surface area contributed by atoms with E-state index in [0.29, 0.717) is 0 Å². The van der Waals surface area contributed by atoms with Gasteiger partial charge in [0.25, 0.3) is 0 Å². The van der Waals surface area contributed by atoms with Gasteiger partial charge in [-0.05, 0) is 54.2 Å². The van der Waals surface area contributed by atoms with Crippen molar-refractivity contribution in [1.29, 1.82) is 0 Å². The van der Waals surface area contributed by atoms with Gasteiger partial charge < -0.3 is 4.57 Å². The second-order valence-corrected chi connectivity index (χ2v) is 13.4. The van der Waals surface area contributed by atoms with Crippen LogP contribution in [0.1, 0.15) is 16.7 Å². The lowest BCUT2D eigenvalue weighted by molar-refractivity contribution is 0.592. The highest BCUT2D eigenvalue weighted by atomic mass is 31.2. The molecule has 0 amide bonds. The number of benzene rings is 6. The summed E-state index contributed by atoms with van der Waals surface area (Å²) in [6, 6.07) is 50.2. The molecule has 0 radical (unpaired) electrons. The maximum absolute atomic E-state index is 16.4. The Balaban J connectivity index is 1.70. The Morgan fingerprint density at radius 1 is 0.341 bits per heavy atom. The molecule has 0 heterocycles. The van der Waals surface area contributed by atoms with E-state index >= 15 is 4.57 Å². The minimum absolute atomic E-state index is 0.850. The molecule has 0 fully saturated rings. The molecule has 200 valence electrons. The van der Waals surface area contributed by atoms with Crippen LogP contribution in [-0.2, 0) is 4.57 Å². The second-order valence-electron chi connectivity index (χ2n) is 10.8. The minimum Gasteiger partial charge on any atom is -0.309 e. The molecular formula is C39H33OP. The Morgan fingerprint density at radius 3 is 0.854 bits per heavy atom. The van der Waals surface area contributed by atoms with Gasteiger partial charge in [0, 0.05) is 15.9 Å². The molecule has 0 aliphatic rings. The number of hydrogen-bond donors (Lipinski definition) is 0. The molecule has 0 saturated heterocycles. The first-order valence-electron chi connectivity index (χ1n) is 14.0. The quantitative estimate of drug-likeness (QED) is 0.190. The maximum atomic E-state index is 16.4. The van der Waals surface area contributed by atoms with Crippen LogP contribution in [0.5, 0.6) is 0 Å². The van der Waals surface area contributed by atoms with Gasteiger partial charge >= 0.3 is 0 Å². The van der Waals surface area contributed by atoms with E-state index in [4.69, 9.17) is 0 Å². The average molecular weight is 549 g/mol. The normalized spacial score (nSPS) is 11.4. The highest BCUT2D eigenvalue weighted by Gasteiger charge is 2.36. The Morgan fingerprint density at radius 2 is 0.585 bits per heavy atom. The first kappa shape index (κ1) is 26.8. The summed E-state index contributed by atoms with van der Waals surface area (Å²) in [6.07, 6.45) is 0. The van der Waals surface area contributed by atoms with Gasteiger partial charge in [0.2, 0.25) is 0 Å². The topological polar surface area (TPSA) is 17.1 Å². The fourth-order valence-corrected chi connectivity index (χ4v) is 8.86. The monoisotopic (exact) mass is 548 g/mol. The summed E-state index contributed by atoms with van der Waals surface area (Å²) >= 11 is 0. The largest absolute Gasteiger partial charge is 0.309 e. The summed E-state index contributed by atoms with van der Waals surface area (Å²) in [5.41, 5.74) is 9.76. The lowest BCUT2D eigenvalue weighted by Gasteiger charge is -2.27. The molecule has 0 bridgehead atoms. The zero-order valence-electron chi connectivity index (χ0n) is 23.7. The number of hydrogen-bond acceptors (Lipinski definition) is 1. The van der Waals surface area contributed by atoms with Crippen molar-refractivity contribution in [1.82, 2.24) is 0 Å². The van der Waals surface area contributed by atoms with Crippen LogP contribution in [0, 0.1) is 20.8 Å². The fraction of sp³-hybridized carbons (Fsp3) is 0.0769. The van der Waals surface area contributed by atoms with Crippen LogP contribution in [0.3, 0.4) is 0 Å². The van der Waals surface area contributed by atoms with Crippen LogP contribution >= 0.6 is 7.14 Å². The van der Waals surface area contributed by atoms with Crippen LogP contribution in [0.25, 0.3) is 33.4 Å². The average Bonchev–Trinajstić information content (AvgIpc) is 3.02. The lowest BCUT2D eigenvalue weighted by atomic mass is 10.0. The zero-order valence-corrected chi connectivity index (χ0v) is 24.6. The third-order valence-electron chi connectivity index (χ3n) is 7.82. The summed E-state index contributed by atoms with van der Waals surface area (Å²) in [4.78, 5) is 0. The zero-order chi connectivity index (χ0) is 28.4. The maximum Gasteiger partial charge on any atom is 0.172 e. The molecule has 0 aliphatic heterocycles. The molecule has 0 spiro atoms. The van der Waals surface area contributed by atoms with Crippen molar-refractivity contribution in [2.45, 2.75) is 20.8 Å². The smallest absolute Gasteiger partial charge is 0.172 e. The summed E-state index contributed by atoms with van der Waals surface area (Å²) < 4.78 is 16.4. The van der Waals surface area contributed by atoms with Crippen molar-refractivity contribution >= 4 is 23.1 Å². The molecule has 41 heavy (non-hydrogen) atoms. The first-order chi connectivity index (χ1) is 19.9. The Labute approximate surface area is 243 Å². The van der Waals surface area contributed by atoms with Crippen molar-refractivity contribution in [2.75, 3.05) is 0 Å². The van der Waals surface area contributed by atoms with E-state index in [-0.39, 0.29) is 0 Å². The van der Waals surface area contributed by atoms with E-state index in [2.05, 4.69) is 130 Å². The lowest BCUT2D eigenvalue weighted by Crippen LogP contribution is -2.29. The van der Waals surface area contributed by atoms with Crippen molar-refractivity contribution in [2.24, 2.45) is 0 Å². The first-order valence-corrected chi connectivity index (χ1v) is 15.8. The molecule has 6 aromatic rings. The standard InChI is InChI=1S/C39H33OP/c1-28-16-22-31(23-17-28)34-10-4-7-13-37(34)41(40,38-14-8-5-11-35(38)32-24-18-29(2)19-25-32)39-15-9-6-12-36(39)33-26-20-30(3)21-27-33/h4-27H,1-3H3. The van der Waals surface area contributed by atoms with Crippen LogP contribution in [0.2, 0.25) is 0 Å². The Kier molecular flexibility index (Phi) is 7.31. The molecule has 2 heteroatoms. The summed E-state index contributed by atoms with van der Waals surface area (Å²) in [5.74, 6) is 0.